The third-order valence-corrected chi connectivity index (χ3v) is 5.22. The summed E-state index contributed by atoms with van der Waals surface area (Å²) in [6.45, 7) is 0. The number of nitrogens with two attached hydrogens (primary N) is 2. The molecule has 2 nitrogen and oxygen atoms in total. The molecule has 6 heteroatoms. The smallest absolute Gasteiger partial charge is 0.0178 e. The van der Waals surface area contributed by atoms with Crippen molar-refractivity contribution in [3.05, 3.63) is 68.6 Å². The molecule has 4 rings (SSSR count). The third-order valence-electron chi connectivity index (χ3n) is 4.23. The molecule has 0 aromatic heterocycles. The van der Waals surface area contributed by atoms with Crippen molar-refractivity contribution in [3.63, 3.8) is 0 Å². The quantitative estimate of drug-likeness (QED) is 0.587. The molecule has 2 saturated carbocycles. The van der Waals surface area contributed by atoms with E-state index in [2.05, 4.69) is 68.3 Å². The van der Waals surface area contributed by atoms with Gasteiger partial charge in [-0.1, -0.05) is 56.1 Å². The second-order valence-electron chi connectivity index (χ2n) is 6.12. The van der Waals surface area contributed by atoms with Gasteiger partial charge in [0, 0.05) is 32.9 Å². The van der Waals surface area contributed by atoms with Crippen LogP contribution in [0, 0.1) is 0 Å². The Morgan fingerprint density at radius 1 is 0.708 bits per heavy atom. The van der Waals surface area contributed by atoms with Crippen molar-refractivity contribution in [3.8, 4) is 0 Å². The molecule has 0 bridgehead atoms. The van der Waals surface area contributed by atoms with Crippen molar-refractivity contribution < 1.29 is 0 Å². The van der Waals surface area contributed by atoms with Crippen LogP contribution >= 0.6 is 56.7 Å². The van der Waals surface area contributed by atoms with Crippen LogP contribution in [0.1, 0.15) is 35.8 Å². The second-order valence-corrected chi connectivity index (χ2v) is 7.95. The molecule has 2 aromatic rings. The lowest BCUT2D eigenvalue weighted by Crippen LogP contribution is -2.00. The molecule has 0 radical (unpaired) electrons. The summed E-state index contributed by atoms with van der Waals surface area (Å²) in [6.07, 6.45) is 2.30. The first-order chi connectivity index (χ1) is 10.5. The predicted octanol–water partition coefficient (Wildman–Crippen LogP) is 5.37. The number of rotatable bonds is 2. The topological polar surface area (TPSA) is 52.0 Å². The van der Waals surface area contributed by atoms with Crippen LogP contribution in [0.15, 0.2) is 57.5 Å². The summed E-state index contributed by atoms with van der Waals surface area (Å²) in [5.74, 6) is 1.24. The fourth-order valence-corrected chi connectivity index (χ4v) is 3.50. The Morgan fingerprint density at radius 2 is 1.04 bits per heavy atom. The van der Waals surface area contributed by atoms with Gasteiger partial charge in [-0.25, -0.2) is 0 Å². The molecule has 2 fully saturated rings. The minimum absolute atomic E-state index is 0. The van der Waals surface area contributed by atoms with Crippen LogP contribution in [0.4, 0.5) is 0 Å². The predicted molar refractivity (Wildman–Crippen MR) is 113 cm³/mol. The Hall–Kier alpha value is -0.100. The van der Waals surface area contributed by atoms with Gasteiger partial charge in [0.2, 0.25) is 0 Å². The van der Waals surface area contributed by atoms with Gasteiger partial charge in [0.15, 0.2) is 0 Å². The maximum atomic E-state index is 5.73. The lowest BCUT2D eigenvalue weighted by atomic mass is 10.1. The monoisotopic (exact) mass is 494 g/mol. The van der Waals surface area contributed by atoms with Gasteiger partial charge in [-0.15, -0.1) is 24.8 Å². The maximum absolute atomic E-state index is 5.73. The SMILES string of the molecule is Cl.Cl.N[C@@H]1C[C@H]1c1cccc(Br)c1.N[C@H]1C[C@@H]1c1cccc(Br)c1. The standard InChI is InChI=1S/2C9H10BrN.2ClH/c2*10-7-3-1-2-6(4-7)8-5-9(8)11;;/h2*1-4,8-9H,5,11H2;2*1H/t2*8-,9+;;/m10../s1. The minimum Gasteiger partial charge on any atom is -0.327 e. The maximum Gasteiger partial charge on any atom is 0.0178 e. The van der Waals surface area contributed by atoms with Gasteiger partial charge in [-0.05, 0) is 48.2 Å². The lowest BCUT2D eigenvalue weighted by Gasteiger charge is -1.97. The summed E-state index contributed by atoms with van der Waals surface area (Å²) in [5, 5.41) is 0. The summed E-state index contributed by atoms with van der Waals surface area (Å²) in [5.41, 5.74) is 14.2. The van der Waals surface area contributed by atoms with Crippen molar-refractivity contribution in [2.45, 2.75) is 36.8 Å². The zero-order chi connectivity index (χ0) is 15.7. The van der Waals surface area contributed by atoms with E-state index in [1.165, 1.54) is 11.1 Å². The average molecular weight is 497 g/mol. The highest BCUT2D eigenvalue weighted by Gasteiger charge is 2.35. The molecule has 132 valence electrons. The molecule has 0 spiro atoms. The normalized spacial score (nSPS) is 26.2. The van der Waals surface area contributed by atoms with Crippen molar-refractivity contribution in [1.29, 1.82) is 0 Å². The third kappa shape index (κ3) is 6.01. The van der Waals surface area contributed by atoms with Crippen LogP contribution in [0.2, 0.25) is 0 Å². The van der Waals surface area contributed by atoms with E-state index in [0.29, 0.717) is 23.9 Å². The highest BCUT2D eigenvalue weighted by Crippen LogP contribution is 2.40. The summed E-state index contributed by atoms with van der Waals surface area (Å²) < 4.78 is 2.29. The summed E-state index contributed by atoms with van der Waals surface area (Å²) in [4.78, 5) is 0. The molecule has 4 N–H and O–H groups in total. The molecule has 0 unspecified atom stereocenters. The number of benzene rings is 2. The molecule has 0 heterocycles. The van der Waals surface area contributed by atoms with Gasteiger partial charge in [0.25, 0.3) is 0 Å². The van der Waals surface area contributed by atoms with Gasteiger partial charge in [0.05, 0.1) is 0 Å². The zero-order valence-corrected chi connectivity index (χ0v) is 17.9. The van der Waals surface area contributed by atoms with Gasteiger partial charge in [0.1, 0.15) is 0 Å². The van der Waals surface area contributed by atoms with E-state index in [9.17, 15) is 0 Å². The van der Waals surface area contributed by atoms with Crippen molar-refractivity contribution in [2.24, 2.45) is 11.5 Å². The first-order valence-electron chi connectivity index (χ1n) is 7.56. The molecular weight excluding hydrogens is 475 g/mol. The molecule has 2 aliphatic carbocycles. The highest BCUT2D eigenvalue weighted by molar-refractivity contribution is 9.10. The Bertz CT molecular complexity index is 611. The fraction of sp³-hybridized carbons (Fsp3) is 0.333. The van der Waals surface area contributed by atoms with E-state index >= 15 is 0 Å². The number of hydrogen-bond acceptors (Lipinski definition) is 2. The molecule has 0 amide bonds. The van der Waals surface area contributed by atoms with Crippen molar-refractivity contribution in [1.82, 2.24) is 0 Å². The van der Waals surface area contributed by atoms with E-state index in [1.54, 1.807) is 0 Å². The summed E-state index contributed by atoms with van der Waals surface area (Å²) >= 11 is 6.87. The van der Waals surface area contributed by atoms with E-state index in [-0.39, 0.29) is 24.8 Å². The average Bonchev–Trinajstić information content (AvgIpc) is 3.38. The summed E-state index contributed by atoms with van der Waals surface area (Å²) in [7, 11) is 0. The van der Waals surface area contributed by atoms with Crippen molar-refractivity contribution in [2.75, 3.05) is 0 Å². The molecule has 2 aromatic carbocycles. The first-order valence-corrected chi connectivity index (χ1v) is 9.15. The van der Waals surface area contributed by atoms with Crippen LogP contribution in [-0.4, -0.2) is 12.1 Å². The number of hydrogen-bond donors (Lipinski definition) is 2. The summed E-state index contributed by atoms with van der Waals surface area (Å²) in [6, 6.07) is 17.6. The highest BCUT2D eigenvalue weighted by atomic mass is 79.9. The van der Waals surface area contributed by atoms with E-state index in [0.717, 1.165) is 21.8 Å². The molecular formula is C18H22Br2Cl2N2. The Morgan fingerprint density at radius 3 is 1.29 bits per heavy atom. The van der Waals surface area contributed by atoms with Crippen LogP contribution in [0.3, 0.4) is 0 Å². The van der Waals surface area contributed by atoms with E-state index in [4.69, 9.17) is 11.5 Å². The Balaban J connectivity index is 0.000000222. The van der Waals surface area contributed by atoms with Crippen molar-refractivity contribution >= 4 is 56.7 Å². The van der Waals surface area contributed by atoms with Crippen LogP contribution in [0.25, 0.3) is 0 Å². The first kappa shape index (κ1) is 21.9. The Labute approximate surface area is 172 Å². The van der Waals surface area contributed by atoms with Gasteiger partial charge in [-0.2, -0.15) is 0 Å². The lowest BCUT2D eigenvalue weighted by molar-refractivity contribution is 0.989. The molecule has 4 atom stereocenters. The molecule has 0 aliphatic heterocycles. The van der Waals surface area contributed by atoms with Gasteiger partial charge >= 0.3 is 0 Å². The van der Waals surface area contributed by atoms with Crippen LogP contribution in [0.5, 0.6) is 0 Å². The fourth-order valence-electron chi connectivity index (χ4n) is 2.67. The Kier molecular flexibility index (Phi) is 8.74. The minimum atomic E-state index is 0. The van der Waals surface area contributed by atoms with E-state index in [1.807, 2.05) is 12.1 Å². The van der Waals surface area contributed by atoms with E-state index < -0.39 is 0 Å². The van der Waals surface area contributed by atoms with Crippen LogP contribution < -0.4 is 11.5 Å². The second kappa shape index (κ2) is 9.56. The van der Waals surface area contributed by atoms with Gasteiger partial charge in [-0.3, -0.25) is 0 Å². The molecule has 24 heavy (non-hydrogen) atoms. The zero-order valence-electron chi connectivity index (χ0n) is 13.1. The van der Waals surface area contributed by atoms with Crippen LogP contribution in [-0.2, 0) is 0 Å². The molecule has 0 saturated heterocycles. The largest absolute Gasteiger partial charge is 0.327 e. The van der Waals surface area contributed by atoms with Gasteiger partial charge < -0.3 is 11.5 Å². The molecule has 2 aliphatic rings. The number of halogens is 4.